The van der Waals surface area contributed by atoms with Crippen LogP contribution in [0.2, 0.25) is 0 Å². The van der Waals surface area contributed by atoms with Gasteiger partial charge in [-0.25, -0.2) is 4.79 Å². The average molecular weight is 346 g/mol. The number of hydrogen-bond donors (Lipinski definition) is 2. The minimum absolute atomic E-state index is 0.133. The summed E-state index contributed by atoms with van der Waals surface area (Å²) in [6.07, 6.45) is 0.288. The van der Waals surface area contributed by atoms with Gasteiger partial charge in [0.15, 0.2) is 0 Å². The second-order valence-corrected chi connectivity index (χ2v) is 5.39. The quantitative estimate of drug-likeness (QED) is 0.766. The molecule has 2 amide bonds. The zero-order chi connectivity index (χ0) is 12.4. The van der Waals surface area contributed by atoms with Crippen molar-refractivity contribution in [2.45, 2.75) is 19.4 Å². The molecule has 1 aliphatic rings. The van der Waals surface area contributed by atoms with E-state index in [2.05, 4.69) is 27.9 Å². The number of halogens is 1. The van der Waals surface area contributed by atoms with E-state index >= 15 is 0 Å². The van der Waals surface area contributed by atoms with E-state index in [0.29, 0.717) is 19.5 Å². The van der Waals surface area contributed by atoms with Gasteiger partial charge in [0.2, 0.25) is 0 Å². The number of rotatable bonds is 1. The zero-order valence-electron chi connectivity index (χ0n) is 9.61. The van der Waals surface area contributed by atoms with Crippen molar-refractivity contribution in [3.8, 4) is 0 Å². The lowest BCUT2D eigenvalue weighted by Crippen LogP contribution is -2.33. The number of carbonyl (C=O) groups excluding carboxylic acids is 1. The number of benzene rings is 1. The fraction of sp³-hybridized carbons (Fsp3) is 0.417. The molecule has 1 aromatic rings. The molecule has 1 aromatic carbocycles. The normalized spacial score (nSPS) is 19.5. The van der Waals surface area contributed by atoms with Crippen molar-refractivity contribution < 1.29 is 9.90 Å². The summed E-state index contributed by atoms with van der Waals surface area (Å²) in [5.41, 5.74) is 1.91. The fourth-order valence-electron chi connectivity index (χ4n) is 1.86. The number of β-amino-alcohol motifs (C(OH)–C–C–N with tert-alkyl or cyclic N) is 1. The van der Waals surface area contributed by atoms with E-state index in [1.807, 2.05) is 25.1 Å². The van der Waals surface area contributed by atoms with Crippen LogP contribution < -0.4 is 5.32 Å². The molecular formula is C12H15IN2O2. The van der Waals surface area contributed by atoms with Crippen molar-refractivity contribution in [2.75, 3.05) is 18.4 Å². The van der Waals surface area contributed by atoms with Crippen LogP contribution in [0.15, 0.2) is 18.2 Å². The molecule has 0 bridgehead atoms. The Morgan fingerprint density at radius 1 is 1.59 bits per heavy atom. The Bertz CT molecular complexity index is 437. The number of anilines is 1. The van der Waals surface area contributed by atoms with Gasteiger partial charge in [0.1, 0.15) is 0 Å². The average Bonchev–Trinajstić information content (AvgIpc) is 2.72. The van der Waals surface area contributed by atoms with Gasteiger partial charge in [0.25, 0.3) is 0 Å². The Kier molecular flexibility index (Phi) is 3.88. The van der Waals surface area contributed by atoms with Gasteiger partial charge < -0.3 is 15.3 Å². The molecule has 0 radical (unpaired) electrons. The maximum Gasteiger partial charge on any atom is 0.321 e. The molecule has 0 spiro atoms. The third-order valence-electron chi connectivity index (χ3n) is 2.96. The van der Waals surface area contributed by atoms with E-state index in [4.69, 9.17) is 0 Å². The molecule has 1 heterocycles. The molecule has 1 unspecified atom stereocenters. The highest BCUT2D eigenvalue weighted by molar-refractivity contribution is 14.1. The fourth-order valence-corrected chi connectivity index (χ4v) is 2.36. The van der Waals surface area contributed by atoms with E-state index in [1.165, 1.54) is 0 Å². The third-order valence-corrected chi connectivity index (χ3v) is 4.13. The molecule has 1 atom stereocenters. The molecule has 2 rings (SSSR count). The molecule has 17 heavy (non-hydrogen) atoms. The summed E-state index contributed by atoms with van der Waals surface area (Å²) < 4.78 is 1.13. The van der Waals surface area contributed by atoms with E-state index < -0.39 is 0 Å². The maximum absolute atomic E-state index is 11.9. The topological polar surface area (TPSA) is 52.6 Å². The van der Waals surface area contributed by atoms with Crippen LogP contribution in [0.5, 0.6) is 0 Å². The molecule has 1 saturated heterocycles. The minimum atomic E-state index is -0.377. The first kappa shape index (κ1) is 12.6. The lowest BCUT2D eigenvalue weighted by molar-refractivity contribution is 0.176. The van der Waals surface area contributed by atoms with Crippen LogP contribution in [-0.4, -0.2) is 35.2 Å². The van der Waals surface area contributed by atoms with Crippen molar-refractivity contribution in [3.05, 3.63) is 27.3 Å². The van der Waals surface area contributed by atoms with Gasteiger partial charge >= 0.3 is 6.03 Å². The number of likely N-dealkylation sites (tertiary alicyclic amines) is 1. The van der Waals surface area contributed by atoms with Gasteiger partial charge in [-0.3, -0.25) is 0 Å². The van der Waals surface area contributed by atoms with Crippen LogP contribution in [0.3, 0.4) is 0 Å². The lowest BCUT2D eigenvalue weighted by atomic mass is 10.2. The van der Waals surface area contributed by atoms with Crippen LogP contribution in [0.1, 0.15) is 12.0 Å². The molecule has 5 heteroatoms. The number of nitrogens with zero attached hydrogens (tertiary/aromatic N) is 1. The SMILES string of the molecule is Cc1c(I)cccc1NC(=O)N1CCC(O)C1. The zero-order valence-corrected chi connectivity index (χ0v) is 11.8. The van der Waals surface area contributed by atoms with Crippen molar-refractivity contribution in [1.29, 1.82) is 0 Å². The monoisotopic (exact) mass is 346 g/mol. The minimum Gasteiger partial charge on any atom is -0.391 e. The van der Waals surface area contributed by atoms with E-state index in [9.17, 15) is 9.90 Å². The van der Waals surface area contributed by atoms with Gasteiger partial charge in [-0.15, -0.1) is 0 Å². The largest absolute Gasteiger partial charge is 0.391 e. The highest BCUT2D eigenvalue weighted by Gasteiger charge is 2.24. The van der Waals surface area contributed by atoms with Crippen molar-refractivity contribution in [1.82, 2.24) is 4.90 Å². The van der Waals surface area contributed by atoms with E-state index in [0.717, 1.165) is 14.8 Å². The molecule has 1 aliphatic heterocycles. The molecular weight excluding hydrogens is 331 g/mol. The highest BCUT2D eigenvalue weighted by atomic mass is 127. The predicted molar refractivity (Wildman–Crippen MR) is 75.1 cm³/mol. The van der Waals surface area contributed by atoms with Gasteiger partial charge in [-0.1, -0.05) is 6.07 Å². The number of nitrogens with one attached hydrogen (secondary N) is 1. The standard InChI is InChI=1S/C12H15IN2O2/c1-8-10(13)3-2-4-11(8)14-12(17)15-6-5-9(16)7-15/h2-4,9,16H,5-7H2,1H3,(H,14,17). The van der Waals surface area contributed by atoms with Crippen molar-refractivity contribution in [2.24, 2.45) is 0 Å². The van der Waals surface area contributed by atoms with Crippen LogP contribution in [-0.2, 0) is 0 Å². The molecule has 4 nitrogen and oxygen atoms in total. The van der Waals surface area contributed by atoms with Crippen LogP contribution in [0.25, 0.3) is 0 Å². The maximum atomic E-state index is 11.9. The Balaban J connectivity index is 2.06. The summed E-state index contributed by atoms with van der Waals surface area (Å²) >= 11 is 2.24. The van der Waals surface area contributed by atoms with Gasteiger partial charge in [-0.2, -0.15) is 0 Å². The number of hydrogen-bond acceptors (Lipinski definition) is 2. The van der Waals surface area contributed by atoms with Crippen molar-refractivity contribution in [3.63, 3.8) is 0 Å². The molecule has 92 valence electrons. The van der Waals surface area contributed by atoms with Crippen molar-refractivity contribution >= 4 is 34.3 Å². The summed E-state index contributed by atoms with van der Waals surface area (Å²) in [5.74, 6) is 0. The third kappa shape index (κ3) is 2.90. The lowest BCUT2D eigenvalue weighted by Gasteiger charge is -2.17. The summed E-state index contributed by atoms with van der Waals surface area (Å²) in [7, 11) is 0. The Morgan fingerprint density at radius 3 is 3.00 bits per heavy atom. The number of aliphatic hydroxyl groups excluding tert-OH is 1. The number of amides is 2. The van der Waals surface area contributed by atoms with Crippen LogP contribution in [0, 0.1) is 10.5 Å². The molecule has 2 N–H and O–H groups in total. The van der Waals surface area contributed by atoms with Gasteiger partial charge in [0.05, 0.1) is 6.10 Å². The molecule has 0 saturated carbocycles. The van der Waals surface area contributed by atoms with E-state index in [1.54, 1.807) is 4.90 Å². The molecule has 0 aliphatic carbocycles. The first-order valence-electron chi connectivity index (χ1n) is 5.57. The van der Waals surface area contributed by atoms with Crippen LogP contribution >= 0.6 is 22.6 Å². The van der Waals surface area contributed by atoms with Crippen LogP contribution in [0.4, 0.5) is 10.5 Å². The highest BCUT2D eigenvalue weighted by Crippen LogP contribution is 2.21. The Hall–Kier alpha value is -0.820. The second-order valence-electron chi connectivity index (χ2n) is 4.23. The second kappa shape index (κ2) is 5.22. The summed E-state index contributed by atoms with van der Waals surface area (Å²) in [5, 5.41) is 12.3. The molecule has 1 fully saturated rings. The summed E-state index contributed by atoms with van der Waals surface area (Å²) in [6.45, 7) is 3.03. The first-order chi connectivity index (χ1) is 8.08. The molecule has 0 aromatic heterocycles. The number of aliphatic hydroxyl groups is 1. The summed E-state index contributed by atoms with van der Waals surface area (Å²) in [6, 6.07) is 5.68. The number of urea groups is 1. The predicted octanol–water partition coefficient (Wildman–Crippen LogP) is 2.20. The number of carbonyl (C=O) groups is 1. The van der Waals surface area contributed by atoms with E-state index in [-0.39, 0.29) is 12.1 Å². The Morgan fingerprint density at radius 2 is 2.35 bits per heavy atom. The van der Waals surface area contributed by atoms with Gasteiger partial charge in [-0.05, 0) is 53.6 Å². The van der Waals surface area contributed by atoms with Gasteiger partial charge in [0, 0.05) is 22.3 Å². The smallest absolute Gasteiger partial charge is 0.321 e. The summed E-state index contributed by atoms with van der Waals surface area (Å²) in [4.78, 5) is 13.6. The Labute approximate surface area is 114 Å². The first-order valence-corrected chi connectivity index (χ1v) is 6.65.